The Bertz CT molecular complexity index is 273. The number of ether oxygens (including phenoxy) is 2. The van der Waals surface area contributed by atoms with E-state index in [0.717, 1.165) is 19.3 Å². The van der Waals surface area contributed by atoms with Crippen molar-refractivity contribution >= 4 is 5.91 Å². The SMILES string of the molecule is CCOC(CNC(=O)C1CCCCC1(C)C)OCC. The van der Waals surface area contributed by atoms with Gasteiger partial charge < -0.3 is 14.8 Å². The summed E-state index contributed by atoms with van der Waals surface area (Å²) in [4.78, 5) is 12.3. The monoisotopic (exact) mass is 271 g/mol. The minimum Gasteiger partial charge on any atom is -0.351 e. The number of rotatable bonds is 7. The van der Waals surface area contributed by atoms with Crippen LogP contribution in [-0.4, -0.2) is 32.0 Å². The first-order valence-corrected chi connectivity index (χ1v) is 7.52. The summed E-state index contributed by atoms with van der Waals surface area (Å²) in [6, 6.07) is 0. The smallest absolute Gasteiger partial charge is 0.223 e. The molecule has 1 aliphatic carbocycles. The van der Waals surface area contributed by atoms with Crippen molar-refractivity contribution in [2.75, 3.05) is 19.8 Å². The van der Waals surface area contributed by atoms with Gasteiger partial charge in [-0.05, 0) is 32.1 Å². The molecule has 0 bridgehead atoms. The van der Waals surface area contributed by atoms with Crippen molar-refractivity contribution < 1.29 is 14.3 Å². The Balaban J connectivity index is 2.44. The number of amides is 1. The van der Waals surface area contributed by atoms with Gasteiger partial charge in [-0.1, -0.05) is 26.7 Å². The largest absolute Gasteiger partial charge is 0.351 e. The number of carbonyl (C=O) groups excluding carboxylic acids is 1. The second kappa shape index (κ2) is 7.85. The summed E-state index contributed by atoms with van der Waals surface area (Å²) < 4.78 is 10.9. The van der Waals surface area contributed by atoms with Gasteiger partial charge in [0.25, 0.3) is 0 Å². The topological polar surface area (TPSA) is 47.6 Å². The molecule has 0 aromatic rings. The Morgan fingerprint density at radius 1 is 1.26 bits per heavy atom. The number of carbonyl (C=O) groups is 1. The Morgan fingerprint density at radius 2 is 1.89 bits per heavy atom. The summed E-state index contributed by atoms with van der Waals surface area (Å²) in [7, 11) is 0. The van der Waals surface area contributed by atoms with Gasteiger partial charge in [0, 0.05) is 19.1 Å². The first kappa shape index (κ1) is 16.4. The average Bonchev–Trinajstić information content (AvgIpc) is 2.35. The van der Waals surface area contributed by atoms with Crippen LogP contribution in [0.3, 0.4) is 0 Å². The van der Waals surface area contributed by atoms with Crippen LogP contribution in [0.4, 0.5) is 0 Å². The first-order chi connectivity index (χ1) is 9.01. The van der Waals surface area contributed by atoms with Crippen LogP contribution >= 0.6 is 0 Å². The van der Waals surface area contributed by atoms with E-state index in [1.807, 2.05) is 13.8 Å². The van der Waals surface area contributed by atoms with Crippen molar-refractivity contribution in [3.8, 4) is 0 Å². The molecule has 1 atom stereocenters. The fourth-order valence-electron chi connectivity index (χ4n) is 2.82. The normalized spacial score (nSPS) is 22.5. The lowest BCUT2D eigenvalue weighted by Gasteiger charge is -2.37. The first-order valence-electron chi connectivity index (χ1n) is 7.52. The molecule has 1 unspecified atom stereocenters. The van der Waals surface area contributed by atoms with Crippen LogP contribution in [-0.2, 0) is 14.3 Å². The molecule has 1 rings (SSSR count). The average molecular weight is 271 g/mol. The maximum atomic E-state index is 12.3. The van der Waals surface area contributed by atoms with E-state index in [-0.39, 0.29) is 23.5 Å². The van der Waals surface area contributed by atoms with E-state index in [9.17, 15) is 4.79 Å². The third-order valence-corrected chi connectivity index (χ3v) is 3.97. The molecule has 4 nitrogen and oxygen atoms in total. The lowest BCUT2D eigenvalue weighted by atomic mass is 9.68. The van der Waals surface area contributed by atoms with E-state index in [2.05, 4.69) is 19.2 Å². The molecular weight excluding hydrogens is 242 g/mol. The van der Waals surface area contributed by atoms with Gasteiger partial charge >= 0.3 is 0 Å². The summed E-state index contributed by atoms with van der Waals surface area (Å²) in [6.07, 6.45) is 4.18. The van der Waals surface area contributed by atoms with Crippen LogP contribution in [0.25, 0.3) is 0 Å². The van der Waals surface area contributed by atoms with Gasteiger partial charge in [-0.15, -0.1) is 0 Å². The van der Waals surface area contributed by atoms with Crippen molar-refractivity contribution in [2.24, 2.45) is 11.3 Å². The molecule has 0 aromatic carbocycles. The quantitative estimate of drug-likeness (QED) is 0.724. The van der Waals surface area contributed by atoms with Gasteiger partial charge in [-0.2, -0.15) is 0 Å². The van der Waals surface area contributed by atoms with Crippen LogP contribution in [0.5, 0.6) is 0 Å². The van der Waals surface area contributed by atoms with E-state index in [1.165, 1.54) is 6.42 Å². The molecule has 1 N–H and O–H groups in total. The molecule has 1 saturated carbocycles. The fourth-order valence-corrected chi connectivity index (χ4v) is 2.82. The number of nitrogens with one attached hydrogen (secondary N) is 1. The van der Waals surface area contributed by atoms with E-state index in [0.29, 0.717) is 19.8 Å². The molecule has 0 radical (unpaired) electrons. The molecule has 0 saturated heterocycles. The molecule has 112 valence electrons. The molecule has 1 aliphatic rings. The zero-order chi connectivity index (χ0) is 14.3. The Hall–Kier alpha value is -0.610. The van der Waals surface area contributed by atoms with Crippen molar-refractivity contribution in [2.45, 2.75) is 59.7 Å². The maximum absolute atomic E-state index is 12.3. The third kappa shape index (κ3) is 5.11. The fraction of sp³-hybridized carbons (Fsp3) is 0.933. The Morgan fingerprint density at radius 3 is 2.42 bits per heavy atom. The molecule has 0 spiro atoms. The van der Waals surface area contributed by atoms with Crippen LogP contribution in [0.15, 0.2) is 0 Å². The van der Waals surface area contributed by atoms with Gasteiger partial charge in [0.05, 0.1) is 6.54 Å². The van der Waals surface area contributed by atoms with E-state index < -0.39 is 0 Å². The van der Waals surface area contributed by atoms with E-state index >= 15 is 0 Å². The summed E-state index contributed by atoms with van der Waals surface area (Å²) >= 11 is 0. The van der Waals surface area contributed by atoms with Crippen molar-refractivity contribution in [1.82, 2.24) is 5.32 Å². The van der Waals surface area contributed by atoms with Gasteiger partial charge in [0.1, 0.15) is 0 Å². The lowest BCUT2D eigenvalue weighted by Crippen LogP contribution is -2.44. The Kier molecular flexibility index (Phi) is 6.80. The molecule has 0 aromatic heterocycles. The molecule has 1 fully saturated rings. The standard InChI is InChI=1S/C15H29NO3/c1-5-18-13(19-6-2)11-16-14(17)12-9-7-8-10-15(12,3)4/h12-13H,5-11H2,1-4H3,(H,16,17). The lowest BCUT2D eigenvalue weighted by molar-refractivity contribution is -0.144. The number of hydrogen-bond donors (Lipinski definition) is 1. The van der Waals surface area contributed by atoms with Gasteiger partial charge in [0.15, 0.2) is 6.29 Å². The van der Waals surface area contributed by atoms with Crippen molar-refractivity contribution in [1.29, 1.82) is 0 Å². The summed E-state index contributed by atoms with van der Waals surface area (Å²) in [5.41, 5.74) is 0.106. The summed E-state index contributed by atoms with van der Waals surface area (Å²) in [6.45, 7) is 9.87. The zero-order valence-corrected chi connectivity index (χ0v) is 12.8. The van der Waals surface area contributed by atoms with Crippen molar-refractivity contribution in [3.63, 3.8) is 0 Å². The summed E-state index contributed by atoms with van der Waals surface area (Å²) in [5, 5.41) is 2.99. The number of hydrogen-bond acceptors (Lipinski definition) is 3. The van der Waals surface area contributed by atoms with Crippen LogP contribution in [0.2, 0.25) is 0 Å². The zero-order valence-electron chi connectivity index (χ0n) is 12.8. The molecule has 0 heterocycles. The molecule has 0 aliphatic heterocycles. The molecule has 1 amide bonds. The summed E-state index contributed by atoms with van der Waals surface area (Å²) in [5.74, 6) is 0.263. The predicted molar refractivity (Wildman–Crippen MR) is 75.8 cm³/mol. The van der Waals surface area contributed by atoms with E-state index in [4.69, 9.17) is 9.47 Å². The van der Waals surface area contributed by atoms with Crippen LogP contribution < -0.4 is 5.32 Å². The van der Waals surface area contributed by atoms with Gasteiger partial charge in [-0.3, -0.25) is 4.79 Å². The molecule has 19 heavy (non-hydrogen) atoms. The van der Waals surface area contributed by atoms with Gasteiger partial charge in [-0.25, -0.2) is 0 Å². The Labute approximate surface area is 117 Å². The minimum atomic E-state index is -0.328. The highest BCUT2D eigenvalue weighted by molar-refractivity contribution is 5.79. The highest BCUT2D eigenvalue weighted by Crippen LogP contribution is 2.40. The van der Waals surface area contributed by atoms with E-state index in [1.54, 1.807) is 0 Å². The van der Waals surface area contributed by atoms with Crippen LogP contribution in [0, 0.1) is 11.3 Å². The highest BCUT2D eigenvalue weighted by atomic mass is 16.7. The predicted octanol–water partition coefficient (Wildman–Crippen LogP) is 2.72. The van der Waals surface area contributed by atoms with Crippen LogP contribution in [0.1, 0.15) is 53.4 Å². The second-order valence-corrected chi connectivity index (χ2v) is 5.87. The highest BCUT2D eigenvalue weighted by Gasteiger charge is 2.37. The second-order valence-electron chi connectivity index (χ2n) is 5.87. The minimum absolute atomic E-state index is 0.106. The van der Waals surface area contributed by atoms with Crippen molar-refractivity contribution in [3.05, 3.63) is 0 Å². The molecular formula is C15H29NO3. The maximum Gasteiger partial charge on any atom is 0.223 e. The molecule has 4 heteroatoms. The van der Waals surface area contributed by atoms with Gasteiger partial charge in [0.2, 0.25) is 5.91 Å². The third-order valence-electron chi connectivity index (χ3n) is 3.97.